The zero-order chi connectivity index (χ0) is 20.7. The molecule has 1 aromatic heterocycles. The molecule has 0 saturated carbocycles. The number of hydrogen-bond donors (Lipinski definition) is 0. The molecule has 2 aromatic carbocycles. The van der Waals surface area contributed by atoms with Crippen LogP contribution in [0.15, 0.2) is 59.0 Å². The molecule has 2 saturated heterocycles. The van der Waals surface area contributed by atoms with Crippen molar-refractivity contribution < 1.29 is 14.0 Å². The molecule has 5 nitrogen and oxygen atoms in total. The van der Waals surface area contributed by atoms with Crippen LogP contribution in [0.5, 0.6) is 0 Å². The quantitative estimate of drug-likeness (QED) is 0.625. The van der Waals surface area contributed by atoms with Gasteiger partial charge in [-0.2, -0.15) is 0 Å². The average Bonchev–Trinajstić information content (AvgIpc) is 3.35. The van der Waals surface area contributed by atoms with Gasteiger partial charge in [0.15, 0.2) is 0 Å². The van der Waals surface area contributed by atoms with Crippen molar-refractivity contribution in [1.29, 1.82) is 0 Å². The van der Waals surface area contributed by atoms with Crippen LogP contribution in [0.4, 0.5) is 0 Å². The summed E-state index contributed by atoms with van der Waals surface area (Å²) in [5.74, 6) is 2.37. The van der Waals surface area contributed by atoms with Crippen molar-refractivity contribution >= 4 is 34.3 Å². The summed E-state index contributed by atoms with van der Waals surface area (Å²) in [5.41, 5.74) is 1.06. The standard InChI is InChI=1S/C24H24N2O3S/c1-17(27)25-13-11-24(12-14-25)26(23(28)16-30-24)15-19-9-10-22(29-19)21-8-4-6-18-5-2-3-7-20(18)21/h2-10H,11-16H2,1H3. The van der Waals surface area contributed by atoms with Crippen molar-refractivity contribution in [1.82, 2.24) is 9.80 Å². The summed E-state index contributed by atoms with van der Waals surface area (Å²) in [6.07, 6.45) is 1.61. The van der Waals surface area contributed by atoms with Gasteiger partial charge in [-0.25, -0.2) is 0 Å². The molecule has 0 N–H and O–H groups in total. The number of carbonyl (C=O) groups excluding carboxylic acids is 2. The predicted molar refractivity (Wildman–Crippen MR) is 119 cm³/mol. The van der Waals surface area contributed by atoms with Gasteiger partial charge in [0.2, 0.25) is 11.8 Å². The first-order valence-corrected chi connectivity index (χ1v) is 11.3. The summed E-state index contributed by atoms with van der Waals surface area (Å²) in [4.78, 5) is 28.0. The SMILES string of the molecule is CC(=O)N1CCC2(CC1)SCC(=O)N2Cc1ccc(-c2cccc3ccccc23)o1. The van der Waals surface area contributed by atoms with Crippen LogP contribution < -0.4 is 0 Å². The molecule has 2 amide bonds. The Morgan fingerprint density at radius 1 is 1.07 bits per heavy atom. The van der Waals surface area contributed by atoms with Crippen LogP contribution in [0.2, 0.25) is 0 Å². The van der Waals surface area contributed by atoms with Gasteiger partial charge in [-0.3, -0.25) is 9.59 Å². The Balaban J connectivity index is 1.39. The highest BCUT2D eigenvalue weighted by Crippen LogP contribution is 2.45. The average molecular weight is 421 g/mol. The second kappa shape index (κ2) is 7.51. The molecule has 2 aliphatic rings. The van der Waals surface area contributed by atoms with Crippen molar-refractivity contribution in [2.75, 3.05) is 18.8 Å². The third-order valence-electron chi connectivity index (χ3n) is 6.28. The lowest BCUT2D eigenvalue weighted by atomic mass is 10.0. The maximum atomic E-state index is 12.7. The van der Waals surface area contributed by atoms with E-state index in [0.717, 1.165) is 35.3 Å². The van der Waals surface area contributed by atoms with Crippen LogP contribution in [0.1, 0.15) is 25.5 Å². The molecular formula is C24H24N2O3S. The van der Waals surface area contributed by atoms with Crippen molar-refractivity contribution in [2.24, 2.45) is 0 Å². The second-order valence-corrected chi connectivity index (χ2v) is 9.35. The van der Waals surface area contributed by atoms with E-state index in [4.69, 9.17) is 4.42 Å². The minimum Gasteiger partial charge on any atom is -0.459 e. The van der Waals surface area contributed by atoms with Gasteiger partial charge in [-0.05, 0) is 35.7 Å². The number of benzene rings is 2. The topological polar surface area (TPSA) is 53.8 Å². The van der Waals surface area contributed by atoms with E-state index in [0.29, 0.717) is 25.4 Å². The van der Waals surface area contributed by atoms with Gasteiger partial charge < -0.3 is 14.2 Å². The minimum absolute atomic E-state index is 0.108. The highest BCUT2D eigenvalue weighted by Gasteiger charge is 2.48. The summed E-state index contributed by atoms with van der Waals surface area (Å²) >= 11 is 1.72. The molecule has 2 fully saturated rings. The van der Waals surface area contributed by atoms with Crippen LogP contribution in [-0.4, -0.2) is 45.3 Å². The van der Waals surface area contributed by atoms with Crippen molar-refractivity contribution in [2.45, 2.75) is 31.2 Å². The molecule has 0 bridgehead atoms. The highest BCUT2D eigenvalue weighted by atomic mass is 32.2. The van der Waals surface area contributed by atoms with Gasteiger partial charge in [0, 0.05) is 25.6 Å². The summed E-state index contributed by atoms with van der Waals surface area (Å²) in [7, 11) is 0. The summed E-state index contributed by atoms with van der Waals surface area (Å²) in [6.45, 7) is 3.48. The molecule has 154 valence electrons. The lowest BCUT2D eigenvalue weighted by Gasteiger charge is -2.43. The van der Waals surface area contributed by atoms with Gasteiger partial charge in [0.25, 0.3) is 0 Å². The molecule has 0 unspecified atom stereocenters. The molecule has 2 aliphatic heterocycles. The monoisotopic (exact) mass is 420 g/mol. The largest absolute Gasteiger partial charge is 0.459 e. The predicted octanol–water partition coefficient (Wildman–Crippen LogP) is 4.51. The molecule has 5 rings (SSSR count). The molecular weight excluding hydrogens is 396 g/mol. The fourth-order valence-electron chi connectivity index (χ4n) is 4.60. The molecule has 30 heavy (non-hydrogen) atoms. The molecule has 0 aliphatic carbocycles. The number of piperidine rings is 1. The summed E-state index contributed by atoms with van der Waals surface area (Å²) in [6, 6.07) is 18.5. The Hall–Kier alpha value is -2.73. The Bertz CT molecular complexity index is 1110. The minimum atomic E-state index is -0.227. The van der Waals surface area contributed by atoms with E-state index in [2.05, 4.69) is 24.3 Å². The van der Waals surface area contributed by atoms with Crippen LogP contribution in [-0.2, 0) is 16.1 Å². The molecule has 0 atom stereocenters. The number of carbonyl (C=O) groups is 2. The lowest BCUT2D eigenvalue weighted by molar-refractivity contribution is -0.134. The number of rotatable bonds is 3. The van der Waals surface area contributed by atoms with Crippen LogP contribution in [0.3, 0.4) is 0 Å². The second-order valence-electron chi connectivity index (χ2n) is 8.01. The highest BCUT2D eigenvalue weighted by molar-refractivity contribution is 8.01. The molecule has 3 aromatic rings. The third kappa shape index (κ3) is 3.29. The van der Waals surface area contributed by atoms with Gasteiger partial charge in [0.1, 0.15) is 11.5 Å². The normalized spacial score (nSPS) is 18.5. The number of furan rings is 1. The zero-order valence-corrected chi connectivity index (χ0v) is 17.8. The molecule has 1 spiro atoms. The number of hydrogen-bond acceptors (Lipinski definition) is 4. The van der Waals surface area contributed by atoms with E-state index < -0.39 is 0 Å². The number of thioether (sulfide) groups is 1. The number of likely N-dealkylation sites (tertiary alicyclic amines) is 1. The van der Waals surface area contributed by atoms with Crippen molar-refractivity contribution in [3.8, 4) is 11.3 Å². The Morgan fingerprint density at radius 2 is 1.83 bits per heavy atom. The van der Waals surface area contributed by atoms with E-state index in [-0.39, 0.29) is 16.7 Å². The zero-order valence-electron chi connectivity index (χ0n) is 17.0. The van der Waals surface area contributed by atoms with E-state index in [1.807, 2.05) is 40.1 Å². The first-order valence-electron chi connectivity index (χ1n) is 10.3. The van der Waals surface area contributed by atoms with Crippen molar-refractivity contribution in [3.05, 3.63) is 60.4 Å². The Labute approximate surface area is 180 Å². The van der Waals surface area contributed by atoms with Crippen LogP contribution >= 0.6 is 11.8 Å². The smallest absolute Gasteiger partial charge is 0.234 e. The summed E-state index contributed by atoms with van der Waals surface area (Å²) in [5, 5.41) is 2.33. The number of amides is 2. The van der Waals surface area contributed by atoms with E-state index in [1.54, 1.807) is 18.7 Å². The van der Waals surface area contributed by atoms with E-state index in [9.17, 15) is 9.59 Å². The molecule has 0 radical (unpaired) electrons. The first-order chi connectivity index (χ1) is 14.6. The van der Waals surface area contributed by atoms with Gasteiger partial charge in [-0.1, -0.05) is 42.5 Å². The van der Waals surface area contributed by atoms with E-state index >= 15 is 0 Å². The number of nitrogens with zero attached hydrogens (tertiary/aromatic N) is 2. The van der Waals surface area contributed by atoms with Gasteiger partial charge in [-0.15, -0.1) is 11.8 Å². The molecule has 6 heteroatoms. The van der Waals surface area contributed by atoms with Crippen LogP contribution in [0, 0.1) is 0 Å². The Morgan fingerprint density at radius 3 is 2.63 bits per heavy atom. The lowest BCUT2D eigenvalue weighted by Crippen LogP contribution is -2.52. The third-order valence-corrected chi connectivity index (χ3v) is 7.84. The van der Waals surface area contributed by atoms with Crippen LogP contribution in [0.25, 0.3) is 22.1 Å². The van der Waals surface area contributed by atoms with Gasteiger partial charge >= 0.3 is 0 Å². The summed E-state index contributed by atoms with van der Waals surface area (Å²) < 4.78 is 6.21. The first kappa shape index (κ1) is 19.2. The fourth-order valence-corrected chi connectivity index (χ4v) is 5.94. The van der Waals surface area contributed by atoms with E-state index in [1.165, 1.54) is 5.39 Å². The number of fused-ring (bicyclic) bond motifs is 1. The van der Waals surface area contributed by atoms with Gasteiger partial charge in [0.05, 0.1) is 17.2 Å². The maximum absolute atomic E-state index is 12.7. The maximum Gasteiger partial charge on any atom is 0.234 e. The Kier molecular flexibility index (Phi) is 4.82. The molecule has 3 heterocycles. The fraction of sp³-hybridized carbons (Fsp3) is 0.333. The van der Waals surface area contributed by atoms with Crippen molar-refractivity contribution in [3.63, 3.8) is 0 Å².